The van der Waals surface area contributed by atoms with Crippen LogP contribution in [0.3, 0.4) is 0 Å². The monoisotopic (exact) mass is 625 g/mol. The van der Waals surface area contributed by atoms with Crippen LogP contribution in [-0.4, -0.2) is 36.1 Å². The van der Waals surface area contributed by atoms with Gasteiger partial charge in [-0.2, -0.15) is 0 Å². The summed E-state index contributed by atoms with van der Waals surface area (Å²) in [5.41, 5.74) is 4.60. The predicted octanol–water partition coefficient (Wildman–Crippen LogP) is 6.54. The lowest BCUT2D eigenvalue weighted by Gasteiger charge is -2.30. The Bertz CT molecular complexity index is 1250. The van der Waals surface area contributed by atoms with Crippen molar-refractivity contribution in [3.05, 3.63) is 48.6 Å². The standard InChI is InChI=1S/C27H30Br2FNO5/c1-13-15-8-7-9-35-24(15)19(30)10-16(13)20-21(25(26(33)34-6)36-27(3,4)5)23(29)18-12-31(14(2)32)11-17(18)22(20)28/h10,25H,7-9,11-12H2,1-6H3/t25-/m0/s1. The molecule has 0 aromatic heterocycles. The van der Waals surface area contributed by atoms with Gasteiger partial charge in [0.15, 0.2) is 17.7 Å². The van der Waals surface area contributed by atoms with Crippen LogP contribution in [0.2, 0.25) is 0 Å². The summed E-state index contributed by atoms with van der Waals surface area (Å²) in [5.74, 6) is -0.786. The van der Waals surface area contributed by atoms with Crippen LogP contribution in [0.25, 0.3) is 11.1 Å². The first-order chi connectivity index (χ1) is 16.9. The van der Waals surface area contributed by atoms with Gasteiger partial charge in [-0.25, -0.2) is 9.18 Å². The molecule has 0 saturated carbocycles. The summed E-state index contributed by atoms with van der Waals surface area (Å²) in [4.78, 5) is 27.1. The molecule has 0 radical (unpaired) electrons. The second kappa shape index (κ2) is 10.1. The molecule has 0 aliphatic carbocycles. The second-order valence-corrected chi connectivity index (χ2v) is 11.8. The summed E-state index contributed by atoms with van der Waals surface area (Å²) < 4.78 is 33.8. The Balaban J connectivity index is 2.08. The van der Waals surface area contributed by atoms with Gasteiger partial charge >= 0.3 is 5.97 Å². The van der Waals surface area contributed by atoms with Gasteiger partial charge in [-0.3, -0.25) is 4.79 Å². The zero-order valence-corrected chi connectivity index (χ0v) is 24.5. The number of amides is 1. The molecule has 2 aliphatic heterocycles. The summed E-state index contributed by atoms with van der Waals surface area (Å²) in [6.45, 7) is 10.3. The van der Waals surface area contributed by atoms with Gasteiger partial charge in [-0.05, 0) is 84.8 Å². The number of carbonyl (C=O) groups is 2. The summed E-state index contributed by atoms with van der Waals surface area (Å²) in [7, 11) is 1.32. The molecule has 0 unspecified atom stereocenters. The quantitative estimate of drug-likeness (QED) is 0.361. The van der Waals surface area contributed by atoms with Crippen LogP contribution in [0.5, 0.6) is 5.75 Å². The van der Waals surface area contributed by atoms with Gasteiger partial charge < -0.3 is 19.1 Å². The number of fused-ring (bicyclic) bond motifs is 2. The van der Waals surface area contributed by atoms with E-state index in [1.165, 1.54) is 20.1 Å². The Morgan fingerprint density at radius 1 is 1.14 bits per heavy atom. The number of hydrogen-bond donors (Lipinski definition) is 0. The summed E-state index contributed by atoms with van der Waals surface area (Å²) >= 11 is 7.53. The maximum atomic E-state index is 15.4. The van der Waals surface area contributed by atoms with Crippen molar-refractivity contribution in [3.8, 4) is 16.9 Å². The van der Waals surface area contributed by atoms with E-state index in [9.17, 15) is 9.59 Å². The van der Waals surface area contributed by atoms with Crippen molar-refractivity contribution < 1.29 is 28.2 Å². The van der Waals surface area contributed by atoms with Gasteiger partial charge in [0.2, 0.25) is 5.91 Å². The van der Waals surface area contributed by atoms with Gasteiger partial charge in [0.1, 0.15) is 0 Å². The smallest absolute Gasteiger partial charge is 0.339 e. The molecule has 0 N–H and O–H groups in total. The minimum Gasteiger partial charge on any atom is -0.490 e. The Morgan fingerprint density at radius 3 is 2.36 bits per heavy atom. The lowest BCUT2D eigenvalue weighted by Crippen LogP contribution is -2.29. The molecular formula is C27H30Br2FNO5. The summed E-state index contributed by atoms with van der Waals surface area (Å²) in [6, 6.07) is 1.46. The number of halogens is 3. The fraction of sp³-hybridized carbons (Fsp3) is 0.481. The minimum absolute atomic E-state index is 0.0586. The van der Waals surface area contributed by atoms with E-state index in [0.29, 0.717) is 57.5 Å². The Kier molecular flexibility index (Phi) is 7.57. The Labute approximate surface area is 227 Å². The molecular weight excluding hydrogens is 597 g/mol. The first-order valence-electron chi connectivity index (χ1n) is 11.8. The van der Waals surface area contributed by atoms with Crippen molar-refractivity contribution in [3.63, 3.8) is 0 Å². The third kappa shape index (κ3) is 4.82. The molecule has 9 heteroatoms. The van der Waals surface area contributed by atoms with E-state index in [1.54, 1.807) is 4.90 Å². The normalized spacial score (nSPS) is 15.8. The van der Waals surface area contributed by atoms with Gasteiger partial charge in [-0.1, -0.05) is 15.9 Å². The van der Waals surface area contributed by atoms with E-state index >= 15 is 4.39 Å². The topological polar surface area (TPSA) is 65.1 Å². The molecule has 2 heterocycles. The lowest BCUT2D eigenvalue weighted by atomic mass is 9.86. The van der Waals surface area contributed by atoms with Crippen molar-refractivity contribution in [2.75, 3.05) is 13.7 Å². The number of ether oxygens (including phenoxy) is 3. The molecule has 2 aromatic rings. The fourth-order valence-corrected chi connectivity index (χ4v) is 6.47. The van der Waals surface area contributed by atoms with E-state index in [1.807, 2.05) is 27.7 Å². The molecule has 1 amide bonds. The molecule has 6 nitrogen and oxygen atoms in total. The van der Waals surface area contributed by atoms with Crippen LogP contribution >= 0.6 is 31.9 Å². The number of benzene rings is 2. The molecule has 1 atom stereocenters. The van der Waals surface area contributed by atoms with E-state index in [4.69, 9.17) is 14.2 Å². The lowest BCUT2D eigenvalue weighted by molar-refractivity contribution is -0.164. The molecule has 194 valence electrons. The third-order valence-electron chi connectivity index (χ3n) is 6.62. The van der Waals surface area contributed by atoms with Crippen LogP contribution < -0.4 is 4.74 Å². The van der Waals surface area contributed by atoms with E-state index in [-0.39, 0.29) is 5.91 Å². The highest BCUT2D eigenvalue weighted by Crippen LogP contribution is 2.50. The number of hydrogen-bond acceptors (Lipinski definition) is 5. The second-order valence-electron chi connectivity index (χ2n) is 10.2. The van der Waals surface area contributed by atoms with Crippen LogP contribution in [0, 0.1) is 12.7 Å². The molecule has 0 spiro atoms. The number of carbonyl (C=O) groups excluding carboxylic acids is 2. The summed E-state index contributed by atoms with van der Waals surface area (Å²) in [5, 5.41) is 0. The van der Waals surface area contributed by atoms with Crippen molar-refractivity contribution >= 4 is 43.7 Å². The minimum atomic E-state index is -1.10. The highest BCUT2D eigenvalue weighted by Gasteiger charge is 2.38. The van der Waals surface area contributed by atoms with Gasteiger partial charge in [0, 0.05) is 45.6 Å². The van der Waals surface area contributed by atoms with Crippen molar-refractivity contribution in [2.45, 2.75) is 72.3 Å². The van der Waals surface area contributed by atoms with E-state index in [2.05, 4.69) is 31.9 Å². The molecule has 0 bridgehead atoms. The molecule has 4 rings (SSSR count). The average molecular weight is 627 g/mol. The van der Waals surface area contributed by atoms with Crippen LogP contribution in [-0.2, 0) is 38.6 Å². The van der Waals surface area contributed by atoms with Gasteiger partial charge in [0.25, 0.3) is 0 Å². The zero-order chi connectivity index (χ0) is 26.5. The predicted molar refractivity (Wildman–Crippen MR) is 141 cm³/mol. The number of rotatable bonds is 4. The maximum absolute atomic E-state index is 15.4. The molecule has 0 saturated heterocycles. The highest BCUT2D eigenvalue weighted by atomic mass is 79.9. The third-order valence-corrected chi connectivity index (χ3v) is 8.40. The van der Waals surface area contributed by atoms with Crippen molar-refractivity contribution in [2.24, 2.45) is 0 Å². The average Bonchev–Trinajstić information content (AvgIpc) is 3.28. The number of nitrogens with zero attached hydrogens (tertiary/aromatic N) is 1. The van der Waals surface area contributed by atoms with Crippen LogP contribution in [0.4, 0.5) is 4.39 Å². The van der Waals surface area contributed by atoms with E-state index in [0.717, 1.165) is 28.7 Å². The SMILES string of the molecule is COC(=O)[C@@H](OC(C)(C)C)c1c(Br)c2c(c(Br)c1-c1cc(F)c3c(c1C)CCCO3)CN(C(C)=O)C2. The zero-order valence-electron chi connectivity index (χ0n) is 21.3. The van der Waals surface area contributed by atoms with Crippen LogP contribution in [0.15, 0.2) is 15.0 Å². The molecule has 2 aromatic carbocycles. The molecule has 36 heavy (non-hydrogen) atoms. The molecule has 2 aliphatic rings. The maximum Gasteiger partial charge on any atom is 0.339 e. The van der Waals surface area contributed by atoms with Gasteiger partial charge in [0.05, 0.1) is 19.3 Å². The van der Waals surface area contributed by atoms with Crippen molar-refractivity contribution in [1.29, 1.82) is 0 Å². The Hall–Kier alpha value is -1.97. The Morgan fingerprint density at radius 2 is 1.78 bits per heavy atom. The van der Waals surface area contributed by atoms with Crippen molar-refractivity contribution in [1.82, 2.24) is 4.90 Å². The number of esters is 1. The first kappa shape index (κ1) is 27.1. The van der Waals surface area contributed by atoms with E-state index < -0.39 is 23.5 Å². The summed E-state index contributed by atoms with van der Waals surface area (Å²) in [6.07, 6.45) is 0.397. The number of methoxy groups -OCH3 is 1. The van der Waals surface area contributed by atoms with Crippen LogP contribution in [0.1, 0.15) is 68.0 Å². The highest BCUT2D eigenvalue weighted by molar-refractivity contribution is 9.11. The molecule has 0 fully saturated rings. The largest absolute Gasteiger partial charge is 0.490 e. The fourth-order valence-electron chi connectivity index (χ4n) is 4.91. The first-order valence-corrected chi connectivity index (χ1v) is 13.4. The van der Waals surface area contributed by atoms with Gasteiger partial charge in [-0.15, -0.1) is 0 Å².